The molecule has 68 heavy (non-hydrogen) atoms. The summed E-state index contributed by atoms with van der Waals surface area (Å²) in [5.74, 6) is -2.58. The number of halogens is 4. The highest BCUT2D eigenvalue weighted by Crippen LogP contribution is 2.52. The van der Waals surface area contributed by atoms with Crippen molar-refractivity contribution >= 4 is 77.5 Å². The molecule has 0 saturated heterocycles. The molecule has 2 aromatic heterocycles. The van der Waals surface area contributed by atoms with Gasteiger partial charge in [-0.3, -0.25) is 0 Å². The van der Waals surface area contributed by atoms with Crippen LogP contribution in [0.4, 0.5) is 40.3 Å². The molecule has 0 saturated carbocycles. The van der Waals surface area contributed by atoms with Gasteiger partial charge in [0.1, 0.15) is 23.3 Å². The second-order valence-corrected chi connectivity index (χ2v) is 18.0. The predicted molar refractivity (Wildman–Crippen MR) is 269 cm³/mol. The Morgan fingerprint density at radius 3 is 1.47 bits per heavy atom. The van der Waals surface area contributed by atoms with Crippen LogP contribution >= 0.6 is 0 Å². The van der Waals surface area contributed by atoms with Crippen LogP contribution in [0.15, 0.2) is 194 Å². The molecule has 8 aromatic carbocycles. The Hall–Kier alpha value is -8.36. The first kappa shape index (κ1) is 38.9. The minimum atomic E-state index is -0.665. The molecule has 2 atom stereocenters. The van der Waals surface area contributed by atoms with E-state index in [0.717, 1.165) is 101 Å². The summed E-state index contributed by atoms with van der Waals surface area (Å²) in [6, 6.07) is 49.1. The van der Waals surface area contributed by atoms with E-state index in [-0.39, 0.29) is 29.1 Å². The molecule has 0 fully saturated rings. The van der Waals surface area contributed by atoms with Crippen molar-refractivity contribution in [3.8, 4) is 22.5 Å². The first-order chi connectivity index (χ1) is 33.4. The lowest BCUT2D eigenvalue weighted by molar-refractivity contribution is 0.576. The number of para-hydroxylation sites is 4. The quantitative estimate of drug-likeness (QED) is 0.160. The number of hydrogen-bond acceptors (Lipinski definition) is 2. The van der Waals surface area contributed by atoms with Crippen molar-refractivity contribution in [2.75, 3.05) is 9.80 Å². The molecule has 0 amide bonds. The average Bonchev–Trinajstić information content (AvgIpc) is 4.10. The van der Waals surface area contributed by atoms with Gasteiger partial charge in [0.15, 0.2) is 0 Å². The summed E-state index contributed by atoms with van der Waals surface area (Å²) in [6.45, 7) is 0. The lowest BCUT2D eigenvalue weighted by Gasteiger charge is -2.29. The van der Waals surface area contributed by atoms with E-state index in [9.17, 15) is 0 Å². The summed E-state index contributed by atoms with van der Waals surface area (Å²) < 4.78 is 69.5. The van der Waals surface area contributed by atoms with Gasteiger partial charge in [-0.25, -0.2) is 17.6 Å². The van der Waals surface area contributed by atoms with Gasteiger partial charge in [0, 0.05) is 56.2 Å². The molecule has 8 heteroatoms. The summed E-state index contributed by atoms with van der Waals surface area (Å²) in [5, 5.41) is 3.82. The lowest BCUT2D eigenvalue weighted by atomic mass is 9.92. The van der Waals surface area contributed by atoms with E-state index in [1.54, 1.807) is 12.1 Å². The van der Waals surface area contributed by atoms with Crippen molar-refractivity contribution in [1.29, 1.82) is 0 Å². The van der Waals surface area contributed by atoms with E-state index >= 15 is 17.6 Å². The minimum absolute atomic E-state index is 0.123. The van der Waals surface area contributed by atoms with Crippen LogP contribution in [0.2, 0.25) is 0 Å². The summed E-state index contributed by atoms with van der Waals surface area (Å²) in [7, 11) is 0. The fourth-order valence-electron chi connectivity index (χ4n) is 11.7. The summed E-state index contributed by atoms with van der Waals surface area (Å²) in [6.07, 6.45) is 13.8. The van der Waals surface area contributed by atoms with Crippen LogP contribution in [-0.4, -0.2) is 21.2 Å². The van der Waals surface area contributed by atoms with E-state index in [4.69, 9.17) is 0 Å². The van der Waals surface area contributed by atoms with Gasteiger partial charge in [-0.2, -0.15) is 0 Å². The number of hydrogen-bond donors (Lipinski definition) is 0. The van der Waals surface area contributed by atoms with Crippen LogP contribution in [0.25, 0.3) is 77.3 Å². The number of rotatable bonds is 5. The summed E-state index contributed by atoms with van der Waals surface area (Å²) in [4.78, 5) is 4.03. The molecule has 10 aromatic rings. The van der Waals surface area contributed by atoms with Crippen molar-refractivity contribution in [2.45, 2.75) is 24.9 Å². The van der Waals surface area contributed by atoms with Gasteiger partial charge >= 0.3 is 0 Å². The Bertz CT molecular complexity index is 3910. The van der Waals surface area contributed by atoms with Gasteiger partial charge in [-0.15, -0.1) is 0 Å². The second-order valence-electron chi connectivity index (χ2n) is 18.0. The fraction of sp³-hybridized carbons (Fsp3) is 0.0667. The number of nitrogens with zero attached hydrogens (tertiary/aromatic N) is 4. The zero-order chi connectivity index (χ0) is 45.4. The van der Waals surface area contributed by atoms with Crippen LogP contribution < -0.4 is 9.80 Å². The van der Waals surface area contributed by atoms with E-state index in [2.05, 4.69) is 48.6 Å². The number of fused-ring (bicyclic) bond motifs is 12. The van der Waals surface area contributed by atoms with Crippen LogP contribution in [0.5, 0.6) is 0 Å². The maximum absolute atomic E-state index is 16.6. The van der Waals surface area contributed by atoms with Crippen LogP contribution in [0, 0.1) is 23.3 Å². The Morgan fingerprint density at radius 1 is 0.368 bits per heavy atom. The topological polar surface area (TPSA) is 16.3 Å². The molecule has 2 aliphatic heterocycles. The molecule has 14 rings (SSSR count). The fourth-order valence-corrected chi connectivity index (χ4v) is 11.7. The highest BCUT2D eigenvalue weighted by Gasteiger charge is 2.39. The Labute approximate surface area is 388 Å². The van der Waals surface area contributed by atoms with Crippen LogP contribution in [0.3, 0.4) is 0 Å². The van der Waals surface area contributed by atoms with Crippen molar-refractivity contribution < 1.29 is 17.6 Å². The molecule has 0 N–H and O–H groups in total. The second kappa shape index (κ2) is 14.6. The smallest absolute Gasteiger partial charge is 0.150 e. The average molecular weight is 891 g/mol. The van der Waals surface area contributed by atoms with Gasteiger partial charge in [0.25, 0.3) is 0 Å². The maximum atomic E-state index is 16.6. The molecule has 326 valence electrons. The molecule has 0 spiro atoms. The first-order valence-corrected chi connectivity index (χ1v) is 23.0. The predicted octanol–water partition coefficient (Wildman–Crippen LogP) is 15.8. The molecule has 0 radical (unpaired) electrons. The Kier molecular flexibility index (Phi) is 8.33. The van der Waals surface area contributed by atoms with Crippen molar-refractivity contribution in [3.05, 3.63) is 229 Å². The standard InChI is InChI=1S/C60H38F4N4/c61-44-31-46(63)58(33-56(44)65-48-21-7-1-14-37(48)38-15-2-8-22-49(38)65)67-52-25-11-5-18-41(52)43-30-35(28-29-54(43)67)36-20-13-27-55-60(36)42-19-6-12-26-53(42)68(55)59-34-57(45(62)32-47(59)64)66-50-23-9-3-16-39(50)40-17-4-10-24-51(40)66/h1-23,26-34,51-52H,24-25H2. The van der Waals surface area contributed by atoms with Gasteiger partial charge in [-0.05, 0) is 89.7 Å². The van der Waals surface area contributed by atoms with Gasteiger partial charge < -0.3 is 18.9 Å². The van der Waals surface area contributed by atoms with Gasteiger partial charge in [0.05, 0.1) is 56.9 Å². The molecule has 2 aliphatic carbocycles. The number of aromatic nitrogens is 2. The zero-order valence-electron chi connectivity index (χ0n) is 36.3. The molecular weight excluding hydrogens is 853 g/mol. The van der Waals surface area contributed by atoms with Crippen molar-refractivity contribution in [2.24, 2.45) is 0 Å². The maximum Gasteiger partial charge on any atom is 0.150 e. The summed E-state index contributed by atoms with van der Waals surface area (Å²) >= 11 is 0. The molecule has 2 unspecified atom stereocenters. The largest absolute Gasteiger partial charge is 0.331 e. The highest BCUT2D eigenvalue weighted by molar-refractivity contribution is 6.16. The number of anilines is 4. The molecule has 4 aliphatic rings. The zero-order valence-corrected chi connectivity index (χ0v) is 36.3. The van der Waals surface area contributed by atoms with Crippen LogP contribution in [0.1, 0.15) is 24.0 Å². The van der Waals surface area contributed by atoms with E-state index in [1.165, 1.54) is 0 Å². The summed E-state index contributed by atoms with van der Waals surface area (Å²) in [5.41, 5.74) is 12.1. The SMILES string of the molecule is Fc1cc(F)c(-n2c3ccccc3c3ccccc32)cc1N1c2ccc(-c3cccc4c3c3ccccc3n4-c3cc(N4c5ccccc5C5=CC=CCC54)c(F)cc3F)cc2C2=CC=CCC21. The highest BCUT2D eigenvalue weighted by atomic mass is 19.1. The van der Waals surface area contributed by atoms with Gasteiger partial charge in [-0.1, -0.05) is 127 Å². The lowest BCUT2D eigenvalue weighted by Crippen LogP contribution is -2.28. The Balaban J connectivity index is 0.921. The van der Waals surface area contributed by atoms with E-state index in [1.807, 2.05) is 140 Å². The third-order valence-electron chi connectivity index (χ3n) is 14.5. The van der Waals surface area contributed by atoms with Gasteiger partial charge in [0.2, 0.25) is 0 Å². The third kappa shape index (κ3) is 5.42. The number of benzene rings is 8. The first-order valence-electron chi connectivity index (χ1n) is 23.0. The van der Waals surface area contributed by atoms with Crippen LogP contribution in [-0.2, 0) is 0 Å². The molecule has 4 nitrogen and oxygen atoms in total. The minimum Gasteiger partial charge on any atom is -0.331 e. The molecule has 0 bridgehead atoms. The number of allylic oxidation sites excluding steroid dienone is 4. The van der Waals surface area contributed by atoms with E-state index < -0.39 is 23.3 Å². The monoisotopic (exact) mass is 890 g/mol. The Morgan fingerprint density at radius 2 is 0.838 bits per heavy atom. The van der Waals surface area contributed by atoms with Crippen molar-refractivity contribution in [1.82, 2.24) is 9.13 Å². The van der Waals surface area contributed by atoms with Crippen molar-refractivity contribution in [3.63, 3.8) is 0 Å². The molecular formula is C60H38F4N4. The third-order valence-corrected chi connectivity index (χ3v) is 14.5. The molecule has 4 heterocycles. The normalized spacial score (nSPS) is 17.0. The van der Waals surface area contributed by atoms with E-state index in [0.29, 0.717) is 18.5 Å².